The summed E-state index contributed by atoms with van der Waals surface area (Å²) in [5, 5.41) is 17.9. The number of nitrogens with zero attached hydrogens (tertiary/aromatic N) is 5. The highest BCUT2D eigenvalue weighted by molar-refractivity contribution is 6.05. The number of benzene rings is 5. The third-order valence-corrected chi connectivity index (χ3v) is 7.91. The number of tetrazole rings is 1. The molecule has 0 aliphatic carbocycles. The van der Waals surface area contributed by atoms with Gasteiger partial charge in [0, 0.05) is 5.56 Å². The topological polar surface area (TPSA) is 111 Å². The minimum atomic E-state index is -0.323. The van der Waals surface area contributed by atoms with Gasteiger partial charge in [0.25, 0.3) is 11.9 Å². The average molecular weight is 606 g/mol. The van der Waals surface area contributed by atoms with Crippen LogP contribution in [0.1, 0.15) is 40.0 Å². The molecule has 0 saturated carbocycles. The van der Waals surface area contributed by atoms with E-state index in [2.05, 4.69) is 50.2 Å². The number of rotatable bonds is 10. The summed E-state index contributed by atoms with van der Waals surface area (Å²) in [4.78, 5) is 18.9. The van der Waals surface area contributed by atoms with Gasteiger partial charge in [0.1, 0.15) is 0 Å². The first-order valence-electron chi connectivity index (χ1n) is 15.1. The summed E-state index contributed by atoms with van der Waals surface area (Å²) in [6, 6.07) is 42.0. The highest BCUT2D eigenvalue weighted by atomic mass is 16.5. The van der Waals surface area contributed by atoms with Crippen molar-refractivity contribution in [1.29, 1.82) is 0 Å². The first-order chi connectivity index (χ1) is 22.7. The first-order valence-corrected chi connectivity index (χ1v) is 15.1. The molecule has 5 aromatic carbocycles. The lowest BCUT2D eigenvalue weighted by atomic mass is 9.98. The molecule has 0 atom stereocenters. The molecule has 0 spiro atoms. The predicted octanol–water partition coefficient (Wildman–Crippen LogP) is 6.85. The van der Waals surface area contributed by atoms with Gasteiger partial charge in [-0.2, -0.15) is 10.2 Å². The van der Waals surface area contributed by atoms with Gasteiger partial charge >= 0.3 is 0 Å². The Labute approximate surface area is 265 Å². The summed E-state index contributed by atoms with van der Waals surface area (Å²) in [5.41, 5.74) is 7.89. The number of nitrogens with one attached hydrogen (secondary N) is 2. The number of hydrogen-bond acceptors (Lipinski definition) is 6. The van der Waals surface area contributed by atoms with Crippen molar-refractivity contribution >= 4 is 16.9 Å². The molecule has 9 heteroatoms. The molecule has 9 nitrogen and oxygen atoms in total. The van der Waals surface area contributed by atoms with E-state index < -0.39 is 0 Å². The van der Waals surface area contributed by atoms with Crippen LogP contribution in [0.4, 0.5) is 0 Å². The molecule has 0 aliphatic rings. The van der Waals surface area contributed by atoms with Crippen molar-refractivity contribution in [3.8, 4) is 28.5 Å². The zero-order valence-electron chi connectivity index (χ0n) is 25.2. The van der Waals surface area contributed by atoms with Gasteiger partial charge in [-0.25, -0.2) is 0 Å². The van der Waals surface area contributed by atoms with Crippen LogP contribution in [0.5, 0.6) is 6.01 Å². The second-order valence-corrected chi connectivity index (χ2v) is 10.8. The number of aromatic amines is 1. The molecular weight excluding hydrogens is 574 g/mol. The highest BCUT2D eigenvalue weighted by Gasteiger charge is 2.23. The second-order valence-electron chi connectivity index (χ2n) is 10.8. The van der Waals surface area contributed by atoms with Crippen LogP contribution in [0.25, 0.3) is 33.5 Å². The normalized spacial score (nSPS) is 11.2. The molecular formula is C37H31N7O2. The Morgan fingerprint density at radius 3 is 2.13 bits per heavy atom. The zero-order valence-corrected chi connectivity index (χ0v) is 25.2. The van der Waals surface area contributed by atoms with Gasteiger partial charge in [0.2, 0.25) is 5.82 Å². The van der Waals surface area contributed by atoms with Crippen LogP contribution in [0.15, 0.2) is 127 Å². The summed E-state index contributed by atoms with van der Waals surface area (Å²) < 4.78 is 7.98. The third kappa shape index (κ3) is 5.73. The lowest BCUT2D eigenvalue weighted by Gasteiger charge is -2.20. The van der Waals surface area contributed by atoms with Crippen LogP contribution < -0.4 is 10.1 Å². The molecule has 7 aromatic rings. The maximum Gasteiger partial charge on any atom is 0.297 e. The van der Waals surface area contributed by atoms with Gasteiger partial charge in [-0.1, -0.05) is 115 Å². The van der Waals surface area contributed by atoms with Crippen molar-refractivity contribution in [2.24, 2.45) is 0 Å². The van der Waals surface area contributed by atoms with E-state index in [9.17, 15) is 4.79 Å². The van der Waals surface area contributed by atoms with E-state index >= 15 is 0 Å². The fraction of sp³-hybridized carbons (Fsp3) is 0.108. The molecule has 0 radical (unpaired) electrons. The number of ether oxygens (including phenoxy) is 1. The molecule has 0 saturated heterocycles. The van der Waals surface area contributed by atoms with E-state index in [1.165, 1.54) is 0 Å². The fourth-order valence-corrected chi connectivity index (χ4v) is 5.77. The number of H-pyrrole nitrogens is 1. The number of imidazole rings is 1. The molecule has 0 fully saturated rings. The lowest BCUT2D eigenvalue weighted by molar-refractivity contribution is 0.0944. The standard InChI is InChI=1S/C37H31N7O2/c1-2-46-37-38-32-19-11-18-31(36(45)39-33(27-12-5-3-6-13-27)28-14-7-4-8-15-28)34(32)44(37)24-25-20-22-26(23-21-25)29-16-9-10-17-30(29)35-40-42-43-41-35/h3-23,33H,2,24H2,1H3,(H,39,45)(H,40,41,42,43). The quantitative estimate of drug-likeness (QED) is 0.176. The van der Waals surface area contributed by atoms with Gasteiger partial charge in [-0.3, -0.25) is 9.36 Å². The van der Waals surface area contributed by atoms with E-state index in [4.69, 9.17) is 9.72 Å². The van der Waals surface area contributed by atoms with Gasteiger partial charge < -0.3 is 10.1 Å². The number of carbonyl (C=O) groups excluding carboxylic acids is 1. The number of hydrogen-bond donors (Lipinski definition) is 2. The molecule has 46 heavy (non-hydrogen) atoms. The molecule has 226 valence electrons. The van der Waals surface area contributed by atoms with Crippen LogP contribution >= 0.6 is 0 Å². The fourth-order valence-electron chi connectivity index (χ4n) is 5.77. The van der Waals surface area contributed by atoms with Gasteiger partial charge in [0.15, 0.2) is 0 Å². The number of para-hydroxylation sites is 1. The average Bonchev–Trinajstić information content (AvgIpc) is 3.77. The Bertz CT molecular complexity index is 2040. The smallest absolute Gasteiger partial charge is 0.297 e. The predicted molar refractivity (Wildman–Crippen MR) is 177 cm³/mol. The summed E-state index contributed by atoms with van der Waals surface area (Å²) >= 11 is 0. The number of carbonyl (C=O) groups is 1. The maximum atomic E-state index is 14.1. The van der Waals surface area contributed by atoms with E-state index in [0.717, 1.165) is 38.9 Å². The lowest BCUT2D eigenvalue weighted by Crippen LogP contribution is -2.29. The van der Waals surface area contributed by atoms with Gasteiger partial charge in [0.05, 0.1) is 35.8 Å². The Hall–Kier alpha value is -6.09. The van der Waals surface area contributed by atoms with Crippen molar-refractivity contribution in [3.05, 3.63) is 150 Å². The van der Waals surface area contributed by atoms with Crippen molar-refractivity contribution in [2.75, 3.05) is 6.61 Å². The summed E-state index contributed by atoms with van der Waals surface area (Å²) in [5.74, 6) is 0.347. The minimum Gasteiger partial charge on any atom is -0.465 e. The Balaban J connectivity index is 1.23. The van der Waals surface area contributed by atoms with Crippen LogP contribution in [0.3, 0.4) is 0 Å². The number of aromatic nitrogens is 6. The summed E-state index contributed by atoms with van der Waals surface area (Å²) in [7, 11) is 0. The van der Waals surface area contributed by atoms with Crippen LogP contribution in [0, 0.1) is 0 Å². The molecule has 1 amide bonds. The zero-order chi connectivity index (χ0) is 31.3. The number of fused-ring (bicyclic) bond motifs is 1. The van der Waals surface area contributed by atoms with Crippen molar-refractivity contribution < 1.29 is 9.53 Å². The Morgan fingerprint density at radius 1 is 0.804 bits per heavy atom. The molecule has 7 rings (SSSR count). The van der Waals surface area contributed by atoms with E-state index in [-0.39, 0.29) is 11.9 Å². The molecule has 0 bridgehead atoms. The third-order valence-electron chi connectivity index (χ3n) is 7.91. The largest absolute Gasteiger partial charge is 0.465 e. The second kappa shape index (κ2) is 12.9. The van der Waals surface area contributed by atoms with E-state index in [1.54, 1.807) is 0 Å². The minimum absolute atomic E-state index is 0.194. The van der Waals surface area contributed by atoms with E-state index in [1.807, 2.05) is 115 Å². The monoisotopic (exact) mass is 605 g/mol. The van der Waals surface area contributed by atoms with Crippen LogP contribution in [-0.4, -0.2) is 42.7 Å². The van der Waals surface area contributed by atoms with Gasteiger partial charge in [-0.15, -0.1) is 10.2 Å². The van der Waals surface area contributed by atoms with Gasteiger partial charge in [-0.05, 0) is 52.1 Å². The number of amides is 1. The SMILES string of the molecule is CCOc1nc2cccc(C(=O)NC(c3ccccc3)c3ccccc3)c2n1Cc1ccc(-c2ccccc2-c2nn[nH]n2)cc1. The Morgan fingerprint density at radius 2 is 1.48 bits per heavy atom. The maximum absolute atomic E-state index is 14.1. The van der Waals surface area contributed by atoms with Crippen molar-refractivity contribution in [1.82, 2.24) is 35.5 Å². The van der Waals surface area contributed by atoms with Crippen molar-refractivity contribution in [2.45, 2.75) is 19.5 Å². The summed E-state index contributed by atoms with van der Waals surface area (Å²) in [6.45, 7) is 2.84. The van der Waals surface area contributed by atoms with Crippen LogP contribution in [-0.2, 0) is 6.54 Å². The van der Waals surface area contributed by atoms with E-state index in [0.29, 0.717) is 36.1 Å². The molecule has 0 unspecified atom stereocenters. The molecule has 0 aliphatic heterocycles. The summed E-state index contributed by atoms with van der Waals surface area (Å²) in [6.07, 6.45) is 0. The molecule has 2 aromatic heterocycles. The highest BCUT2D eigenvalue weighted by Crippen LogP contribution is 2.31. The first kappa shape index (κ1) is 28.7. The molecule has 2 N–H and O–H groups in total. The van der Waals surface area contributed by atoms with Crippen molar-refractivity contribution in [3.63, 3.8) is 0 Å². The molecule has 2 heterocycles. The van der Waals surface area contributed by atoms with Crippen LogP contribution in [0.2, 0.25) is 0 Å². The Kier molecular flexibility index (Phi) is 8.02.